The second-order valence-electron chi connectivity index (χ2n) is 5.10. The Bertz CT molecular complexity index is 875. The summed E-state index contributed by atoms with van der Waals surface area (Å²) in [5, 5.41) is 17.1. The fourth-order valence-electron chi connectivity index (χ4n) is 2.43. The summed E-state index contributed by atoms with van der Waals surface area (Å²) in [6.07, 6.45) is 3.71. The molecule has 0 aliphatic rings. The molecule has 1 aromatic carbocycles. The third kappa shape index (κ3) is 2.48. The van der Waals surface area contributed by atoms with Crippen LogP contribution in [0.4, 0.5) is 0 Å². The van der Waals surface area contributed by atoms with Gasteiger partial charge < -0.3 is 5.11 Å². The highest BCUT2D eigenvalue weighted by molar-refractivity contribution is 6.03. The Hall–Kier alpha value is -2.95. The van der Waals surface area contributed by atoms with Crippen molar-refractivity contribution in [3.63, 3.8) is 0 Å². The summed E-state index contributed by atoms with van der Waals surface area (Å²) in [4.78, 5) is 15.9. The molecule has 2 heterocycles. The molecule has 3 aromatic rings. The number of nitrogens with one attached hydrogen (secondary N) is 1. The Kier molecular flexibility index (Phi) is 3.47. The number of aryl methyl sites for hydroxylation is 2. The third-order valence-electron chi connectivity index (χ3n) is 3.57. The van der Waals surface area contributed by atoms with Gasteiger partial charge in [-0.2, -0.15) is 5.10 Å². The number of benzene rings is 1. The van der Waals surface area contributed by atoms with Crippen molar-refractivity contribution in [3.8, 4) is 0 Å². The number of aromatic amines is 1. The van der Waals surface area contributed by atoms with E-state index >= 15 is 0 Å². The molecule has 0 spiro atoms. The van der Waals surface area contributed by atoms with Crippen LogP contribution in [-0.4, -0.2) is 26.3 Å². The fraction of sp³-hybridized carbons (Fsp3) is 0.118. The number of carbonyl (C=O) groups is 1. The van der Waals surface area contributed by atoms with Gasteiger partial charge >= 0.3 is 5.97 Å². The maximum atomic E-state index is 11.4. The van der Waals surface area contributed by atoms with E-state index in [-0.39, 0.29) is 5.56 Å². The van der Waals surface area contributed by atoms with Crippen LogP contribution in [-0.2, 0) is 0 Å². The maximum Gasteiger partial charge on any atom is 0.336 e. The van der Waals surface area contributed by atoms with Crippen LogP contribution in [0.1, 0.15) is 33.0 Å². The first kappa shape index (κ1) is 14.0. The third-order valence-corrected chi connectivity index (χ3v) is 3.57. The lowest BCUT2D eigenvalue weighted by molar-refractivity contribution is 0.0699. The van der Waals surface area contributed by atoms with Crippen LogP contribution < -0.4 is 0 Å². The number of carboxylic acid groups (broad SMARTS) is 1. The lowest BCUT2D eigenvalue weighted by atomic mass is 10.1. The summed E-state index contributed by atoms with van der Waals surface area (Å²) < 4.78 is 0. The molecule has 0 unspecified atom stereocenters. The molecule has 0 atom stereocenters. The normalized spacial score (nSPS) is 11.4. The Morgan fingerprint density at radius 1 is 1.23 bits per heavy atom. The van der Waals surface area contributed by atoms with Gasteiger partial charge in [0.2, 0.25) is 0 Å². The summed E-state index contributed by atoms with van der Waals surface area (Å²) in [5.41, 5.74) is 4.39. The monoisotopic (exact) mass is 293 g/mol. The van der Waals surface area contributed by atoms with Crippen molar-refractivity contribution >= 4 is 29.0 Å². The molecule has 2 N–H and O–H groups in total. The van der Waals surface area contributed by atoms with E-state index in [0.29, 0.717) is 16.6 Å². The van der Waals surface area contributed by atoms with Crippen molar-refractivity contribution in [2.24, 2.45) is 0 Å². The first-order valence-electron chi connectivity index (χ1n) is 6.89. The number of aromatic nitrogens is 3. The Balaban J connectivity index is 2.10. The van der Waals surface area contributed by atoms with E-state index in [4.69, 9.17) is 0 Å². The molecule has 0 saturated carbocycles. The zero-order valence-electron chi connectivity index (χ0n) is 12.3. The van der Waals surface area contributed by atoms with Gasteiger partial charge in [-0.05, 0) is 38.1 Å². The Labute approximate surface area is 127 Å². The second kappa shape index (κ2) is 5.44. The molecule has 0 fully saturated rings. The molecular weight excluding hydrogens is 278 g/mol. The van der Waals surface area contributed by atoms with E-state index in [1.807, 2.05) is 44.2 Å². The molecule has 0 aliphatic carbocycles. The van der Waals surface area contributed by atoms with Gasteiger partial charge in [0.25, 0.3) is 0 Å². The van der Waals surface area contributed by atoms with Crippen molar-refractivity contribution in [2.45, 2.75) is 13.8 Å². The molecule has 0 bridgehead atoms. The highest BCUT2D eigenvalue weighted by Gasteiger charge is 2.10. The van der Waals surface area contributed by atoms with Gasteiger partial charge in [-0.1, -0.05) is 18.2 Å². The Morgan fingerprint density at radius 3 is 2.68 bits per heavy atom. The Morgan fingerprint density at radius 2 is 2.00 bits per heavy atom. The fourth-order valence-corrected chi connectivity index (χ4v) is 2.43. The minimum absolute atomic E-state index is 0.255. The lowest BCUT2D eigenvalue weighted by Crippen LogP contribution is -2.00. The molecule has 3 rings (SSSR count). The smallest absolute Gasteiger partial charge is 0.336 e. The number of fused-ring (bicyclic) bond motifs is 1. The number of carboxylic acids is 1. The summed E-state index contributed by atoms with van der Waals surface area (Å²) in [7, 11) is 0. The summed E-state index contributed by atoms with van der Waals surface area (Å²) in [6, 6.07) is 8.83. The van der Waals surface area contributed by atoms with Crippen LogP contribution in [0.25, 0.3) is 23.1 Å². The van der Waals surface area contributed by atoms with Gasteiger partial charge in [0, 0.05) is 16.6 Å². The second-order valence-corrected chi connectivity index (χ2v) is 5.10. The zero-order valence-corrected chi connectivity index (χ0v) is 12.3. The van der Waals surface area contributed by atoms with Crippen molar-refractivity contribution in [1.82, 2.24) is 15.2 Å². The van der Waals surface area contributed by atoms with Crippen LogP contribution in [0, 0.1) is 13.8 Å². The molecule has 5 heteroatoms. The van der Waals surface area contributed by atoms with E-state index in [0.717, 1.165) is 17.0 Å². The predicted molar refractivity (Wildman–Crippen MR) is 85.7 cm³/mol. The van der Waals surface area contributed by atoms with E-state index in [1.165, 1.54) is 0 Å². The molecule has 0 aliphatic heterocycles. The van der Waals surface area contributed by atoms with Crippen molar-refractivity contribution in [2.75, 3.05) is 0 Å². The summed E-state index contributed by atoms with van der Waals surface area (Å²) >= 11 is 0. The zero-order chi connectivity index (χ0) is 15.7. The largest absolute Gasteiger partial charge is 0.478 e. The van der Waals surface area contributed by atoms with E-state index in [1.54, 1.807) is 12.1 Å². The number of pyridine rings is 1. The number of aromatic carboxylic acids is 1. The quantitative estimate of drug-likeness (QED) is 0.775. The van der Waals surface area contributed by atoms with Gasteiger partial charge in [-0.15, -0.1) is 0 Å². The van der Waals surface area contributed by atoms with Crippen molar-refractivity contribution < 1.29 is 9.90 Å². The van der Waals surface area contributed by atoms with Gasteiger partial charge in [0.15, 0.2) is 0 Å². The minimum atomic E-state index is -0.955. The number of hydrogen-bond donors (Lipinski definition) is 2. The number of rotatable bonds is 3. The molecule has 0 radical (unpaired) electrons. The predicted octanol–water partition coefficient (Wildman–Crippen LogP) is 3.44. The van der Waals surface area contributed by atoms with Gasteiger partial charge in [-0.25, -0.2) is 9.78 Å². The van der Waals surface area contributed by atoms with Gasteiger partial charge in [0.1, 0.15) is 0 Å². The molecule has 0 saturated heterocycles. The van der Waals surface area contributed by atoms with Gasteiger partial charge in [0.05, 0.1) is 22.5 Å². The van der Waals surface area contributed by atoms with Crippen LogP contribution >= 0.6 is 0 Å². The van der Waals surface area contributed by atoms with Crippen LogP contribution in [0.5, 0.6) is 0 Å². The number of para-hydroxylation sites is 1. The van der Waals surface area contributed by atoms with Crippen LogP contribution in [0.15, 0.2) is 30.3 Å². The standard InChI is InChI=1S/C17H15N3O2/c1-10-13(11(2)20-19-10)8-7-12-9-15(17(21)22)14-5-3-4-6-16(14)18-12/h3-9H,1-2H3,(H,19,20)(H,21,22). The topological polar surface area (TPSA) is 78.9 Å². The molecular formula is C17H15N3O2. The van der Waals surface area contributed by atoms with Crippen LogP contribution in [0.3, 0.4) is 0 Å². The minimum Gasteiger partial charge on any atom is -0.478 e. The van der Waals surface area contributed by atoms with E-state index in [2.05, 4.69) is 15.2 Å². The lowest BCUT2D eigenvalue weighted by Gasteiger charge is -2.04. The average Bonchev–Trinajstić information content (AvgIpc) is 2.83. The van der Waals surface area contributed by atoms with Crippen LogP contribution in [0.2, 0.25) is 0 Å². The SMILES string of the molecule is Cc1n[nH]c(C)c1C=Cc1cc(C(=O)O)c2ccccc2n1. The summed E-state index contributed by atoms with van der Waals surface area (Å²) in [6.45, 7) is 3.86. The molecule has 5 nitrogen and oxygen atoms in total. The number of H-pyrrole nitrogens is 1. The number of nitrogens with zero attached hydrogens (tertiary/aromatic N) is 2. The molecule has 22 heavy (non-hydrogen) atoms. The van der Waals surface area contributed by atoms with Crippen molar-refractivity contribution in [1.29, 1.82) is 0 Å². The maximum absolute atomic E-state index is 11.4. The average molecular weight is 293 g/mol. The van der Waals surface area contributed by atoms with Gasteiger partial charge in [-0.3, -0.25) is 5.10 Å². The molecule has 0 amide bonds. The van der Waals surface area contributed by atoms with Crippen molar-refractivity contribution in [3.05, 3.63) is 58.5 Å². The number of hydrogen-bond acceptors (Lipinski definition) is 3. The highest BCUT2D eigenvalue weighted by atomic mass is 16.4. The molecule has 110 valence electrons. The highest BCUT2D eigenvalue weighted by Crippen LogP contribution is 2.20. The summed E-state index contributed by atoms with van der Waals surface area (Å²) in [5.74, 6) is -0.955. The molecule has 2 aromatic heterocycles. The first-order valence-corrected chi connectivity index (χ1v) is 6.89. The van der Waals surface area contributed by atoms with E-state index < -0.39 is 5.97 Å². The van der Waals surface area contributed by atoms with E-state index in [9.17, 15) is 9.90 Å². The first-order chi connectivity index (χ1) is 10.6.